The van der Waals surface area contributed by atoms with Crippen molar-refractivity contribution in [3.8, 4) is 5.75 Å². The lowest BCUT2D eigenvalue weighted by molar-refractivity contribution is 0.0596. The highest BCUT2D eigenvalue weighted by molar-refractivity contribution is 8.13. The number of esters is 1. The maximum Gasteiger partial charge on any atom is 0.341 e. The van der Waals surface area contributed by atoms with Crippen LogP contribution >= 0.6 is 10.7 Å². The van der Waals surface area contributed by atoms with Crippen molar-refractivity contribution in [2.45, 2.75) is 11.8 Å². The zero-order chi connectivity index (χ0) is 13.1. The predicted molar refractivity (Wildman–Crippen MR) is 62.0 cm³/mol. The average Bonchev–Trinajstić information content (AvgIpc) is 2.27. The van der Waals surface area contributed by atoms with Crippen LogP contribution in [-0.2, 0) is 13.8 Å². The van der Waals surface area contributed by atoms with E-state index < -0.39 is 15.0 Å². The van der Waals surface area contributed by atoms with Crippen LogP contribution in [0.15, 0.2) is 23.1 Å². The van der Waals surface area contributed by atoms with Gasteiger partial charge in [0.25, 0.3) is 9.05 Å². The van der Waals surface area contributed by atoms with E-state index in [0.717, 1.165) is 6.07 Å². The fraction of sp³-hybridized carbons (Fsp3) is 0.300. The fourth-order valence-corrected chi connectivity index (χ4v) is 1.99. The van der Waals surface area contributed by atoms with E-state index in [2.05, 4.69) is 4.74 Å². The van der Waals surface area contributed by atoms with E-state index in [1.165, 1.54) is 19.2 Å². The summed E-state index contributed by atoms with van der Waals surface area (Å²) in [7, 11) is 2.49. The van der Waals surface area contributed by atoms with Crippen LogP contribution in [0.4, 0.5) is 0 Å². The lowest BCUT2D eigenvalue weighted by atomic mass is 10.2. The summed E-state index contributed by atoms with van der Waals surface area (Å²) >= 11 is 0. The van der Waals surface area contributed by atoms with Crippen molar-refractivity contribution in [3.05, 3.63) is 23.8 Å². The number of benzene rings is 1. The number of rotatable bonds is 4. The third kappa shape index (κ3) is 3.34. The Morgan fingerprint density at radius 3 is 2.53 bits per heavy atom. The molecule has 0 fully saturated rings. The lowest BCUT2D eigenvalue weighted by Crippen LogP contribution is -2.07. The number of methoxy groups -OCH3 is 1. The molecular formula is C10H11ClO5S. The van der Waals surface area contributed by atoms with Crippen LogP contribution in [0.1, 0.15) is 17.3 Å². The Morgan fingerprint density at radius 1 is 1.41 bits per heavy atom. The predicted octanol–water partition coefficient (Wildman–Crippen LogP) is 1.80. The SMILES string of the molecule is CCOc1ccc(S(=O)(=O)Cl)cc1C(=O)OC. The van der Waals surface area contributed by atoms with Crippen LogP contribution in [-0.4, -0.2) is 28.1 Å². The van der Waals surface area contributed by atoms with Crippen molar-refractivity contribution in [3.63, 3.8) is 0 Å². The topological polar surface area (TPSA) is 69.7 Å². The number of carbonyl (C=O) groups excluding carboxylic acids is 1. The van der Waals surface area contributed by atoms with E-state index in [-0.39, 0.29) is 16.2 Å². The molecule has 0 aromatic heterocycles. The third-order valence-corrected chi connectivity index (χ3v) is 3.29. The Kier molecular flexibility index (Phi) is 4.36. The second kappa shape index (κ2) is 5.37. The van der Waals surface area contributed by atoms with Gasteiger partial charge in [-0.2, -0.15) is 0 Å². The molecule has 7 heteroatoms. The molecule has 0 atom stereocenters. The van der Waals surface area contributed by atoms with Gasteiger partial charge in [-0.15, -0.1) is 0 Å². The van der Waals surface area contributed by atoms with Crippen LogP contribution in [0.5, 0.6) is 5.75 Å². The molecular weight excluding hydrogens is 268 g/mol. The smallest absolute Gasteiger partial charge is 0.341 e. The van der Waals surface area contributed by atoms with Gasteiger partial charge < -0.3 is 9.47 Å². The van der Waals surface area contributed by atoms with E-state index in [0.29, 0.717) is 6.61 Å². The number of halogens is 1. The molecule has 1 aromatic rings. The molecule has 0 aliphatic heterocycles. The molecule has 0 radical (unpaired) electrons. The van der Waals surface area contributed by atoms with Crippen LogP contribution in [0, 0.1) is 0 Å². The van der Waals surface area contributed by atoms with Gasteiger partial charge in [0, 0.05) is 10.7 Å². The van der Waals surface area contributed by atoms with E-state index in [1.807, 2.05) is 0 Å². The summed E-state index contributed by atoms with van der Waals surface area (Å²) in [6.45, 7) is 2.09. The summed E-state index contributed by atoms with van der Waals surface area (Å²) in [6.07, 6.45) is 0. The average molecular weight is 279 g/mol. The zero-order valence-corrected chi connectivity index (χ0v) is 10.8. The first kappa shape index (κ1) is 13.8. The lowest BCUT2D eigenvalue weighted by Gasteiger charge is -2.09. The van der Waals surface area contributed by atoms with Gasteiger partial charge in [-0.25, -0.2) is 13.2 Å². The molecule has 5 nitrogen and oxygen atoms in total. The van der Waals surface area contributed by atoms with Crippen LogP contribution < -0.4 is 4.74 Å². The highest BCUT2D eigenvalue weighted by atomic mass is 35.7. The first-order chi connectivity index (χ1) is 7.90. The van der Waals surface area contributed by atoms with Gasteiger partial charge in [0.1, 0.15) is 11.3 Å². The summed E-state index contributed by atoms with van der Waals surface area (Å²) < 4.78 is 32.0. The van der Waals surface area contributed by atoms with Crippen molar-refractivity contribution in [2.24, 2.45) is 0 Å². The molecule has 94 valence electrons. The Morgan fingerprint density at radius 2 is 2.06 bits per heavy atom. The molecule has 0 bridgehead atoms. The summed E-state index contributed by atoms with van der Waals surface area (Å²) in [5.41, 5.74) is 0.0241. The highest BCUT2D eigenvalue weighted by Gasteiger charge is 2.18. The summed E-state index contributed by atoms with van der Waals surface area (Å²) in [6, 6.07) is 3.75. The minimum Gasteiger partial charge on any atom is -0.493 e. The quantitative estimate of drug-likeness (QED) is 0.620. The Labute approximate surface area is 104 Å². The summed E-state index contributed by atoms with van der Waals surface area (Å²) in [4.78, 5) is 11.3. The maximum atomic E-state index is 11.4. The van der Waals surface area contributed by atoms with Crippen molar-refractivity contribution in [1.29, 1.82) is 0 Å². The first-order valence-corrected chi connectivity index (χ1v) is 7.01. The van der Waals surface area contributed by atoms with E-state index in [1.54, 1.807) is 6.92 Å². The number of ether oxygens (including phenoxy) is 2. The Balaban J connectivity index is 3.34. The molecule has 0 saturated heterocycles. The zero-order valence-electron chi connectivity index (χ0n) is 9.27. The largest absolute Gasteiger partial charge is 0.493 e. The van der Waals surface area contributed by atoms with Crippen LogP contribution in [0.25, 0.3) is 0 Å². The Hall–Kier alpha value is -1.27. The Bertz CT molecular complexity index is 523. The standard InChI is InChI=1S/C10H11ClO5S/c1-3-16-9-5-4-7(17(11,13)14)6-8(9)10(12)15-2/h4-6H,3H2,1-2H3. The van der Waals surface area contributed by atoms with Crippen LogP contribution in [0.3, 0.4) is 0 Å². The van der Waals surface area contributed by atoms with Gasteiger partial charge in [0.05, 0.1) is 18.6 Å². The minimum absolute atomic E-state index is 0.0241. The molecule has 1 rings (SSSR count). The highest BCUT2D eigenvalue weighted by Crippen LogP contribution is 2.25. The van der Waals surface area contributed by atoms with Crippen molar-refractivity contribution in [1.82, 2.24) is 0 Å². The molecule has 0 aliphatic carbocycles. The molecule has 17 heavy (non-hydrogen) atoms. The maximum absolute atomic E-state index is 11.4. The second-order valence-electron chi connectivity index (χ2n) is 3.02. The summed E-state index contributed by atoms with van der Waals surface area (Å²) in [5, 5.41) is 0. The molecule has 0 aliphatic rings. The van der Waals surface area contributed by atoms with Gasteiger partial charge in [0.2, 0.25) is 0 Å². The number of hydrogen-bond donors (Lipinski definition) is 0. The van der Waals surface area contributed by atoms with Crippen LogP contribution in [0.2, 0.25) is 0 Å². The normalized spacial score (nSPS) is 11.0. The molecule has 0 amide bonds. The van der Waals surface area contributed by atoms with Gasteiger partial charge in [0.15, 0.2) is 0 Å². The molecule has 0 saturated carbocycles. The van der Waals surface area contributed by atoms with Crippen molar-refractivity contribution in [2.75, 3.05) is 13.7 Å². The van der Waals surface area contributed by atoms with Gasteiger partial charge >= 0.3 is 5.97 Å². The monoisotopic (exact) mass is 278 g/mol. The number of hydrogen-bond acceptors (Lipinski definition) is 5. The van der Waals surface area contributed by atoms with Crippen molar-refractivity contribution >= 4 is 25.7 Å². The van der Waals surface area contributed by atoms with E-state index in [9.17, 15) is 13.2 Å². The van der Waals surface area contributed by atoms with E-state index in [4.69, 9.17) is 15.4 Å². The molecule has 0 heterocycles. The van der Waals surface area contributed by atoms with Gasteiger partial charge in [-0.05, 0) is 25.1 Å². The molecule has 1 aromatic carbocycles. The second-order valence-corrected chi connectivity index (χ2v) is 5.59. The fourth-order valence-electron chi connectivity index (χ4n) is 1.21. The minimum atomic E-state index is -3.89. The molecule has 0 unspecified atom stereocenters. The van der Waals surface area contributed by atoms with Gasteiger partial charge in [-0.1, -0.05) is 0 Å². The first-order valence-electron chi connectivity index (χ1n) is 4.70. The van der Waals surface area contributed by atoms with Gasteiger partial charge in [-0.3, -0.25) is 0 Å². The molecule has 0 N–H and O–H groups in total. The number of carbonyl (C=O) groups is 1. The third-order valence-electron chi connectivity index (χ3n) is 1.94. The molecule has 0 spiro atoms. The summed E-state index contributed by atoms with van der Waals surface area (Å²) in [5.74, 6) is -0.431. The van der Waals surface area contributed by atoms with Crippen molar-refractivity contribution < 1.29 is 22.7 Å². The van der Waals surface area contributed by atoms with E-state index >= 15 is 0 Å².